The van der Waals surface area contributed by atoms with Crippen molar-refractivity contribution < 1.29 is 4.52 Å². The molecule has 0 saturated carbocycles. The Balaban J connectivity index is 2.18. The molecule has 2 aromatic heterocycles. The molecule has 0 atom stereocenters. The Kier molecular flexibility index (Phi) is 4.31. The van der Waals surface area contributed by atoms with Gasteiger partial charge in [0.15, 0.2) is 5.82 Å². The van der Waals surface area contributed by atoms with Gasteiger partial charge in [0.2, 0.25) is 5.89 Å². The fraction of sp³-hybridized carbons (Fsp3) is 0.615. The lowest BCUT2D eigenvalue weighted by atomic mass is 9.82. The lowest BCUT2D eigenvalue weighted by Crippen LogP contribution is -2.34. The van der Waals surface area contributed by atoms with E-state index in [1.54, 1.807) is 11.3 Å². The van der Waals surface area contributed by atoms with E-state index in [1.807, 2.05) is 12.3 Å². The highest BCUT2D eigenvalue weighted by Crippen LogP contribution is 2.29. The summed E-state index contributed by atoms with van der Waals surface area (Å²) in [5, 5.41) is 7.14. The van der Waals surface area contributed by atoms with E-state index in [2.05, 4.69) is 29.0 Å². The molecule has 2 heterocycles. The quantitative estimate of drug-likeness (QED) is 0.879. The highest BCUT2D eigenvalue weighted by molar-refractivity contribution is 7.09. The van der Waals surface area contributed by atoms with Gasteiger partial charge in [-0.1, -0.05) is 19.0 Å². The number of thiazole rings is 1. The summed E-state index contributed by atoms with van der Waals surface area (Å²) in [4.78, 5) is 8.92. The van der Waals surface area contributed by atoms with Crippen LogP contribution in [-0.2, 0) is 11.8 Å². The number of hydrogen-bond donors (Lipinski definition) is 1. The van der Waals surface area contributed by atoms with Gasteiger partial charge in [-0.05, 0) is 19.8 Å². The first kappa shape index (κ1) is 14.1. The first-order valence-corrected chi connectivity index (χ1v) is 7.45. The maximum Gasteiger partial charge on any atom is 0.234 e. The zero-order chi connectivity index (χ0) is 13.9. The molecule has 0 aliphatic carbocycles. The van der Waals surface area contributed by atoms with Crippen molar-refractivity contribution in [1.29, 1.82) is 0 Å². The molecule has 2 aromatic rings. The van der Waals surface area contributed by atoms with Crippen LogP contribution in [0, 0.1) is 6.92 Å². The number of aryl methyl sites for hydroxylation is 1. The maximum atomic E-state index is 5.89. The van der Waals surface area contributed by atoms with Crippen LogP contribution in [0.3, 0.4) is 0 Å². The molecule has 19 heavy (non-hydrogen) atoms. The molecule has 0 aromatic carbocycles. The summed E-state index contributed by atoms with van der Waals surface area (Å²) in [6.07, 6.45) is 2.41. The average Bonchev–Trinajstić information content (AvgIpc) is 3.03. The van der Waals surface area contributed by atoms with Gasteiger partial charge < -0.3 is 10.3 Å². The van der Waals surface area contributed by atoms with E-state index in [1.165, 1.54) is 0 Å². The van der Waals surface area contributed by atoms with Crippen LogP contribution in [0.5, 0.6) is 0 Å². The van der Waals surface area contributed by atoms with Crippen LogP contribution in [0.25, 0.3) is 0 Å². The zero-order valence-electron chi connectivity index (χ0n) is 11.6. The summed E-state index contributed by atoms with van der Waals surface area (Å²) in [5.41, 5.74) is 6.68. The minimum atomic E-state index is -0.191. The molecule has 0 fully saturated rings. The van der Waals surface area contributed by atoms with Crippen LogP contribution in [0.15, 0.2) is 9.90 Å². The van der Waals surface area contributed by atoms with Crippen molar-refractivity contribution >= 4 is 11.3 Å². The van der Waals surface area contributed by atoms with Crippen molar-refractivity contribution in [1.82, 2.24) is 15.1 Å². The minimum Gasteiger partial charge on any atom is -0.339 e. The number of hydrogen-bond acceptors (Lipinski definition) is 6. The van der Waals surface area contributed by atoms with E-state index in [9.17, 15) is 0 Å². The molecule has 0 radical (unpaired) electrons. The van der Waals surface area contributed by atoms with Crippen molar-refractivity contribution in [2.45, 2.75) is 45.4 Å². The van der Waals surface area contributed by atoms with Gasteiger partial charge in [-0.25, -0.2) is 4.98 Å². The molecular weight excluding hydrogens is 260 g/mol. The van der Waals surface area contributed by atoms with E-state index in [0.717, 1.165) is 23.5 Å². The molecular formula is C13H20N4OS. The Morgan fingerprint density at radius 3 is 2.58 bits per heavy atom. The fourth-order valence-electron chi connectivity index (χ4n) is 2.12. The molecule has 0 aliphatic rings. The summed E-state index contributed by atoms with van der Waals surface area (Å²) >= 11 is 1.63. The molecule has 5 nitrogen and oxygen atoms in total. The highest BCUT2D eigenvalue weighted by Gasteiger charge is 2.33. The van der Waals surface area contributed by atoms with Crippen molar-refractivity contribution in [3.8, 4) is 0 Å². The van der Waals surface area contributed by atoms with Crippen molar-refractivity contribution in [3.63, 3.8) is 0 Å². The van der Waals surface area contributed by atoms with Crippen LogP contribution in [0.2, 0.25) is 0 Å². The lowest BCUT2D eigenvalue weighted by molar-refractivity contribution is 0.266. The third-order valence-electron chi connectivity index (χ3n) is 3.67. The smallest absolute Gasteiger partial charge is 0.234 e. The monoisotopic (exact) mass is 280 g/mol. The third kappa shape index (κ3) is 2.84. The number of nitrogens with two attached hydrogens (primary N) is 1. The van der Waals surface area contributed by atoms with E-state index < -0.39 is 0 Å². The summed E-state index contributed by atoms with van der Waals surface area (Å²) in [6.45, 7) is 6.72. The maximum absolute atomic E-state index is 5.89. The Hall–Kier alpha value is -1.27. The van der Waals surface area contributed by atoms with E-state index in [0.29, 0.717) is 24.7 Å². The van der Waals surface area contributed by atoms with Gasteiger partial charge in [0, 0.05) is 11.9 Å². The highest BCUT2D eigenvalue weighted by atomic mass is 32.1. The molecule has 0 saturated heterocycles. The molecule has 104 valence electrons. The Bertz CT molecular complexity index is 522. The molecule has 2 rings (SSSR count). The average molecular weight is 280 g/mol. The topological polar surface area (TPSA) is 77.8 Å². The molecule has 0 bridgehead atoms. The second-order valence-corrected chi connectivity index (χ2v) is 5.80. The minimum absolute atomic E-state index is 0.191. The van der Waals surface area contributed by atoms with Gasteiger partial charge in [-0.2, -0.15) is 4.98 Å². The van der Waals surface area contributed by atoms with E-state index in [-0.39, 0.29) is 5.41 Å². The number of nitrogens with zero attached hydrogens (tertiary/aromatic N) is 3. The Morgan fingerprint density at radius 2 is 2.05 bits per heavy atom. The zero-order valence-corrected chi connectivity index (χ0v) is 12.5. The van der Waals surface area contributed by atoms with Crippen LogP contribution in [-0.4, -0.2) is 21.7 Å². The number of aromatic nitrogens is 3. The Morgan fingerprint density at radius 1 is 1.32 bits per heavy atom. The van der Waals surface area contributed by atoms with Gasteiger partial charge in [-0.15, -0.1) is 11.3 Å². The standard InChI is InChI=1S/C13H20N4OS/c1-4-13(5-2,8-14)12-16-11(17-18-12)6-10-7-19-9(3)15-10/h7H,4-6,8,14H2,1-3H3. The summed E-state index contributed by atoms with van der Waals surface area (Å²) in [5.74, 6) is 1.34. The van der Waals surface area contributed by atoms with Crippen molar-refractivity contribution in [2.24, 2.45) is 5.73 Å². The van der Waals surface area contributed by atoms with Crippen LogP contribution in [0.1, 0.15) is 49.1 Å². The first-order chi connectivity index (χ1) is 9.13. The summed E-state index contributed by atoms with van der Waals surface area (Å²) in [7, 11) is 0. The van der Waals surface area contributed by atoms with Gasteiger partial charge in [-0.3, -0.25) is 0 Å². The van der Waals surface area contributed by atoms with Crippen LogP contribution < -0.4 is 5.73 Å². The molecule has 0 spiro atoms. The van der Waals surface area contributed by atoms with E-state index in [4.69, 9.17) is 10.3 Å². The predicted molar refractivity (Wildman–Crippen MR) is 75.3 cm³/mol. The summed E-state index contributed by atoms with van der Waals surface area (Å²) in [6, 6.07) is 0. The van der Waals surface area contributed by atoms with Crippen LogP contribution in [0.4, 0.5) is 0 Å². The third-order valence-corrected chi connectivity index (χ3v) is 4.49. The lowest BCUT2D eigenvalue weighted by Gasteiger charge is -2.24. The Labute approximate surface area is 117 Å². The van der Waals surface area contributed by atoms with Crippen molar-refractivity contribution in [2.75, 3.05) is 6.54 Å². The number of rotatable bonds is 6. The van der Waals surface area contributed by atoms with Gasteiger partial charge in [0.25, 0.3) is 0 Å². The van der Waals surface area contributed by atoms with Gasteiger partial charge >= 0.3 is 0 Å². The fourth-order valence-corrected chi connectivity index (χ4v) is 2.73. The van der Waals surface area contributed by atoms with Gasteiger partial charge in [0.1, 0.15) is 0 Å². The molecule has 0 aliphatic heterocycles. The van der Waals surface area contributed by atoms with E-state index >= 15 is 0 Å². The normalized spacial score (nSPS) is 12.0. The van der Waals surface area contributed by atoms with Crippen LogP contribution >= 0.6 is 11.3 Å². The second kappa shape index (κ2) is 5.79. The molecule has 0 unspecified atom stereocenters. The SMILES string of the molecule is CCC(CC)(CN)c1nc(Cc2csc(C)n2)no1. The summed E-state index contributed by atoms with van der Waals surface area (Å²) < 4.78 is 5.42. The predicted octanol–water partition coefficient (Wildman–Crippen LogP) is 2.44. The molecule has 2 N–H and O–H groups in total. The second-order valence-electron chi connectivity index (χ2n) is 4.74. The van der Waals surface area contributed by atoms with Crippen molar-refractivity contribution in [3.05, 3.63) is 27.8 Å². The molecule has 0 amide bonds. The molecule has 6 heteroatoms. The van der Waals surface area contributed by atoms with Gasteiger partial charge in [0.05, 0.1) is 22.5 Å². The first-order valence-electron chi connectivity index (χ1n) is 6.57. The largest absolute Gasteiger partial charge is 0.339 e.